The molecule has 1 heterocycles. The molecule has 3 rings (SSSR count). The van der Waals surface area contributed by atoms with E-state index in [0.29, 0.717) is 6.61 Å². The van der Waals surface area contributed by atoms with Gasteiger partial charge in [-0.05, 0) is 62.5 Å². The largest absolute Gasteiger partial charge is 0.494 e. The van der Waals surface area contributed by atoms with Crippen LogP contribution in [0.2, 0.25) is 0 Å². The molecule has 0 aliphatic carbocycles. The zero-order valence-corrected chi connectivity index (χ0v) is 19.4. The van der Waals surface area contributed by atoms with Crippen molar-refractivity contribution in [3.63, 3.8) is 0 Å². The number of hydrogen-bond acceptors (Lipinski definition) is 3. The SMILES string of the molecule is CCCC(O)(c1ccc(OCC)cc1)C(CN1CCCCCC1)c1ccccc1.Cl. The average Bonchev–Trinajstić information content (AvgIpc) is 3.02. The lowest BCUT2D eigenvalue weighted by molar-refractivity contribution is -0.0134. The normalized spacial score (nSPS) is 18.0. The number of rotatable bonds is 9. The van der Waals surface area contributed by atoms with E-state index in [1.165, 1.54) is 31.2 Å². The number of ether oxygens (including phenoxy) is 1. The van der Waals surface area contributed by atoms with Crippen molar-refractivity contribution in [2.45, 2.75) is 63.9 Å². The van der Waals surface area contributed by atoms with E-state index in [1.807, 2.05) is 19.1 Å². The topological polar surface area (TPSA) is 32.7 Å². The summed E-state index contributed by atoms with van der Waals surface area (Å²) in [7, 11) is 0. The standard InChI is InChI=1S/C26H37NO2.ClH/c1-3-18-26(28,23-14-16-24(17-15-23)29-4-2)25(22-12-8-7-9-13-22)21-27-19-10-5-6-11-20-27;/h7-9,12-17,25,28H,3-6,10-11,18-21H2,1-2H3;1H. The van der Waals surface area contributed by atoms with Gasteiger partial charge >= 0.3 is 0 Å². The highest BCUT2D eigenvalue weighted by molar-refractivity contribution is 5.85. The lowest BCUT2D eigenvalue weighted by Gasteiger charge is -2.40. The molecule has 1 N–H and O–H groups in total. The van der Waals surface area contributed by atoms with Gasteiger partial charge in [0.25, 0.3) is 0 Å². The molecule has 0 saturated carbocycles. The Morgan fingerprint density at radius 2 is 1.57 bits per heavy atom. The lowest BCUT2D eigenvalue weighted by atomic mass is 9.74. The first kappa shape index (κ1) is 24.7. The highest BCUT2D eigenvalue weighted by atomic mass is 35.5. The van der Waals surface area contributed by atoms with Crippen molar-refractivity contribution < 1.29 is 9.84 Å². The van der Waals surface area contributed by atoms with E-state index < -0.39 is 5.60 Å². The van der Waals surface area contributed by atoms with Crippen LogP contribution in [-0.4, -0.2) is 36.2 Å². The maximum Gasteiger partial charge on any atom is 0.119 e. The summed E-state index contributed by atoms with van der Waals surface area (Å²) in [5.41, 5.74) is 1.32. The number of aliphatic hydroxyl groups is 1. The maximum absolute atomic E-state index is 12.2. The van der Waals surface area contributed by atoms with Gasteiger partial charge in [-0.15, -0.1) is 12.4 Å². The summed E-state index contributed by atoms with van der Waals surface area (Å²) < 4.78 is 5.62. The molecule has 0 aromatic heterocycles. The van der Waals surface area contributed by atoms with Gasteiger partial charge in [0.15, 0.2) is 0 Å². The average molecular weight is 432 g/mol. The first-order valence-corrected chi connectivity index (χ1v) is 11.4. The second-order valence-corrected chi connectivity index (χ2v) is 8.31. The maximum atomic E-state index is 12.2. The summed E-state index contributed by atoms with van der Waals surface area (Å²) in [5, 5.41) is 12.2. The number of hydrogen-bond donors (Lipinski definition) is 1. The fraction of sp³-hybridized carbons (Fsp3) is 0.538. The van der Waals surface area contributed by atoms with Crippen molar-refractivity contribution in [3.8, 4) is 5.75 Å². The van der Waals surface area contributed by atoms with Crippen LogP contribution in [0.15, 0.2) is 54.6 Å². The Kier molecular flexibility index (Phi) is 10.2. The quantitative estimate of drug-likeness (QED) is 0.516. The van der Waals surface area contributed by atoms with Crippen LogP contribution >= 0.6 is 12.4 Å². The molecule has 30 heavy (non-hydrogen) atoms. The molecular formula is C26H38ClNO2. The van der Waals surface area contributed by atoms with E-state index in [0.717, 1.165) is 43.8 Å². The van der Waals surface area contributed by atoms with E-state index in [-0.39, 0.29) is 18.3 Å². The van der Waals surface area contributed by atoms with Crippen LogP contribution in [0.3, 0.4) is 0 Å². The fourth-order valence-corrected chi connectivity index (χ4v) is 4.70. The Hall–Kier alpha value is -1.55. The molecule has 2 aromatic rings. The highest BCUT2D eigenvalue weighted by Crippen LogP contribution is 2.42. The summed E-state index contributed by atoms with van der Waals surface area (Å²) in [6.07, 6.45) is 6.85. The molecule has 0 bridgehead atoms. The molecule has 3 nitrogen and oxygen atoms in total. The predicted octanol–water partition coefficient (Wildman–Crippen LogP) is 6.15. The van der Waals surface area contributed by atoms with Gasteiger partial charge in [-0.25, -0.2) is 0 Å². The Labute approximate surface area is 188 Å². The van der Waals surface area contributed by atoms with Gasteiger partial charge in [-0.2, -0.15) is 0 Å². The van der Waals surface area contributed by atoms with Crippen LogP contribution in [-0.2, 0) is 5.60 Å². The summed E-state index contributed by atoms with van der Waals surface area (Å²) in [4.78, 5) is 2.57. The van der Waals surface area contributed by atoms with Gasteiger partial charge < -0.3 is 14.7 Å². The third-order valence-electron chi connectivity index (χ3n) is 6.21. The van der Waals surface area contributed by atoms with Crippen molar-refractivity contribution >= 4 is 12.4 Å². The molecule has 0 amide bonds. The fourth-order valence-electron chi connectivity index (χ4n) is 4.70. The molecule has 4 heteroatoms. The Balaban J connectivity index is 0.00000320. The second kappa shape index (κ2) is 12.3. The third kappa shape index (κ3) is 6.23. The van der Waals surface area contributed by atoms with Crippen molar-refractivity contribution in [2.75, 3.05) is 26.2 Å². The zero-order chi connectivity index (χ0) is 20.5. The Morgan fingerprint density at radius 1 is 0.933 bits per heavy atom. The van der Waals surface area contributed by atoms with Gasteiger partial charge in [-0.1, -0.05) is 68.7 Å². The molecule has 1 aliphatic heterocycles. The van der Waals surface area contributed by atoms with E-state index in [4.69, 9.17) is 4.74 Å². The first-order chi connectivity index (χ1) is 14.2. The summed E-state index contributed by atoms with van der Waals surface area (Å²) in [5.74, 6) is 0.901. The molecule has 2 aromatic carbocycles. The van der Waals surface area contributed by atoms with Crippen molar-refractivity contribution in [1.82, 2.24) is 4.90 Å². The Morgan fingerprint density at radius 3 is 2.13 bits per heavy atom. The monoisotopic (exact) mass is 431 g/mol. The van der Waals surface area contributed by atoms with Crippen LogP contribution in [0.1, 0.15) is 69.4 Å². The van der Waals surface area contributed by atoms with Gasteiger partial charge in [0.2, 0.25) is 0 Å². The van der Waals surface area contributed by atoms with Crippen molar-refractivity contribution in [2.24, 2.45) is 0 Å². The van der Waals surface area contributed by atoms with Crippen molar-refractivity contribution in [1.29, 1.82) is 0 Å². The summed E-state index contributed by atoms with van der Waals surface area (Å²) >= 11 is 0. The predicted molar refractivity (Wildman–Crippen MR) is 128 cm³/mol. The van der Waals surface area contributed by atoms with E-state index in [2.05, 4.69) is 54.3 Å². The number of likely N-dealkylation sites (tertiary alicyclic amines) is 1. The van der Waals surface area contributed by atoms with E-state index >= 15 is 0 Å². The van der Waals surface area contributed by atoms with Gasteiger partial charge in [0.1, 0.15) is 5.75 Å². The van der Waals surface area contributed by atoms with Gasteiger partial charge in [-0.3, -0.25) is 0 Å². The van der Waals surface area contributed by atoms with Crippen LogP contribution in [0.4, 0.5) is 0 Å². The smallest absolute Gasteiger partial charge is 0.119 e. The van der Waals surface area contributed by atoms with Gasteiger partial charge in [0.05, 0.1) is 12.2 Å². The van der Waals surface area contributed by atoms with Gasteiger partial charge in [0, 0.05) is 12.5 Å². The summed E-state index contributed by atoms with van der Waals surface area (Å²) in [6, 6.07) is 18.7. The minimum atomic E-state index is -0.896. The molecule has 1 fully saturated rings. The Bertz CT molecular complexity index is 714. The molecule has 0 radical (unpaired) electrons. The van der Waals surface area contributed by atoms with E-state index in [1.54, 1.807) is 0 Å². The highest BCUT2D eigenvalue weighted by Gasteiger charge is 2.39. The number of nitrogens with zero attached hydrogens (tertiary/aromatic N) is 1. The molecule has 1 saturated heterocycles. The number of benzene rings is 2. The molecule has 0 spiro atoms. The minimum absolute atomic E-state index is 0. The molecule has 1 aliphatic rings. The van der Waals surface area contributed by atoms with Crippen LogP contribution in [0, 0.1) is 0 Å². The first-order valence-electron chi connectivity index (χ1n) is 11.4. The molecule has 2 atom stereocenters. The zero-order valence-electron chi connectivity index (χ0n) is 18.6. The lowest BCUT2D eigenvalue weighted by Crippen LogP contribution is -2.41. The number of halogens is 1. The van der Waals surface area contributed by atoms with Crippen LogP contribution < -0.4 is 4.74 Å². The third-order valence-corrected chi connectivity index (χ3v) is 6.21. The molecule has 2 unspecified atom stereocenters. The van der Waals surface area contributed by atoms with Crippen LogP contribution in [0.25, 0.3) is 0 Å². The van der Waals surface area contributed by atoms with Crippen LogP contribution in [0.5, 0.6) is 5.75 Å². The summed E-state index contributed by atoms with van der Waals surface area (Å²) in [6.45, 7) is 7.97. The molecule has 166 valence electrons. The van der Waals surface area contributed by atoms with E-state index in [9.17, 15) is 5.11 Å². The van der Waals surface area contributed by atoms with Crippen molar-refractivity contribution in [3.05, 3.63) is 65.7 Å². The molecular weight excluding hydrogens is 394 g/mol. The second-order valence-electron chi connectivity index (χ2n) is 8.31. The minimum Gasteiger partial charge on any atom is -0.494 e.